The molecule has 0 spiro atoms. The molecule has 16 heavy (non-hydrogen) atoms. The van der Waals surface area contributed by atoms with Crippen LogP contribution < -0.4 is 0 Å². The monoisotopic (exact) mass is 230 g/mol. The number of hydrogen-bond acceptors (Lipinski definition) is 2. The molecule has 0 heterocycles. The van der Waals surface area contributed by atoms with E-state index in [-0.39, 0.29) is 17.7 Å². The van der Waals surface area contributed by atoms with E-state index < -0.39 is 24.0 Å². The van der Waals surface area contributed by atoms with E-state index in [4.69, 9.17) is 9.84 Å². The Morgan fingerprint density at radius 3 is 2.38 bits per heavy atom. The molecular formula is C11H12F2O3. The minimum atomic E-state index is -1.13. The number of carboxylic acid groups (broad SMARTS) is 1. The smallest absolute Gasteiger partial charge is 0.307 e. The maximum absolute atomic E-state index is 13.4. The lowest BCUT2D eigenvalue weighted by atomic mass is 10.1. The second-order valence-electron chi connectivity index (χ2n) is 3.25. The second-order valence-corrected chi connectivity index (χ2v) is 3.25. The molecule has 5 heteroatoms. The Bertz CT molecular complexity index is 368. The Balaban J connectivity index is 2.93. The number of halogens is 2. The van der Waals surface area contributed by atoms with Gasteiger partial charge in [0, 0.05) is 12.2 Å². The van der Waals surface area contributed by atoms with Crippen molar-refractivity contribution in [2.24, 2.45) is 0 Å². The normalized spacial score (nSPS) is 10.4. The van der Waals surface area contributed by atoms with Crippen LogP contribution >= 0.6 is 0 Å². The summed E-state index contributed by atoms with van der Waals surface area (Å²) in [5.41, 5.74) is -0.0706. The Kier molecular flexibility index (Phi) is 4.37. The number of aliphatic carboxylic acids is 1. The van der Waals surface area contributed by atoms with Gasteiger partial charge >= 0.3 is 5.97 Å². The van der Waals surface area contributed by atoms with Crippen molar-refractivity contribution in [1.29, 1.82) is 0 Å². The first-order valence-electron chi connectivity index (χ1n) is 4.81. The summed E-state index contributed by atoms with van der Waals surface area (Å²) in [5, 5.41) is 8.49. The lowest BCUT2D eigenvalue weighted by Gasteiger charge is -2.07. The van der Waals surface area contributed by atoms with Crippen LogP contribution in [0.5, 0.6) is 0 Å². The van der Waals surface area contributed by atoms with Gasteiger partial charge in [0.2, 0.25) is 0 Å². The quantitative estimate of drug-likeness (QED) is 0.842. The van der Waals surface area contributed by atoms with E-state index in [2.05, 4.69) is 0 Å². The van der Waals surface area contributed by atoms with E-state index in [1.165, 1.54) is 0 Å². The summed E-state index contributed by atoms with van der Waals surface area (Å²) < 4.78 is 31.6. The molecule has 0 aliphatic rings. The molecule has 1 N–H and O–H groups in total. The fraction of sp³-hybridized carbons (Fsp3) is 0.364. The molecule has 0 amide bonds. The summed E-state index contributed by atoms with van der Waals surface area (Å²) in [5.74, 6) is -2.68. The first kappa shape index (κ1) is 12.6. The highest BCUT2D eigenvalue weighted by atomic mass is 19.1. The van der Waals surface area contributed by atoms with Gasteiger partial charge in [-0.05, 0) is 24.6 Å². The first-order chi connectivity index (χ1) is 7.54. The summed E-state index contributed by atoms with van der Waals surface area (Å²) in [6.07, 6.45) is -0.400. The first-order valence-corrected chi connectivity index (χ1v) is 4.81. The molecule has 0 aliphatic heterocycles. The minimum Gasteiger partial charge on any atom is -0.481 e. The Labute approximate surface area is 91.7 Å². The highest BCUT2D eigenvalue weighted by molar-refractivity contribution is 5.70. The molecule has 0 aromatic heterocycles. The SMILES string of the molecule is CCOCc1c(F)cc(CC(=O)O)cc1F. The maximum Gasteiger partial charge on any atom is 0.307 e. The van der Waals surface area contributed by atoms with E-state index in [0.29, 0.717) is 6.61 Å². The molecule has 3 nitrogen and oxygen atoms in total. The van der Waals surface area contributed by atoms with Crippen LogP contribution in [0.25, 0.3) is 0 Å². The number of benzene rings is 1. The summed E-state index contributed by atoms with van der Waals surface area (Å²) in [7, 11) is 0. The van der Waals surface area contributed by atoms with Gasteiger partial charge in [-0.3, -0.25) is 4.79 Å². The zero-order chi connectivity index (χ0) is 12.1. The van der Waals surface area contributed by atoms with Gasteiger partial charge in [0.25, 0.3) is 0 Å². The number of hydrogen-bond donors (Lipinski definition) is 1. The average molecular weight is 230 g/mol. The van der Waals surface area contributed by atoms with Gasteiger partial charge in [-0.25, -0.2) is 8.78 Å². The predicted octanol–water partition coefficient (Wildman–Crippen LogP) is 2.13. The lowest BCUT2D eigenvalue weighted by Crippen LogP contribution is -2.05. The average Bonchev–Trinajstić information content (AvgIpc) is 2.15. The highest BCUT2D eigenvalue weighted by Gasteiger charge is 2.12. The molecule has 0 saturated carbocycles. The van der Waals surface area contributed by atoms with E-state index in [1.807, 2.05) is 0 Å². The van der Waals surface area contributed by atoms with Gasteiger partial charge < -0.3 is 9.84 Å². The van der Waals surface area contributed by atoms with E-state index in [1.54, 1.807) is 6.92 Å². The van der Waals surface area contributed by atoms with Gasteiger partial charge in [0.05, 0.1) is 13.0 Å². The van der Waals surface area contributed by atoms with E-state index in [9.17, 15) is 13.6 Å². The minimum absolute atomic E-state index is 0.0998. The predicted molar refractivity (Wildman–Crippen MR) is 53.0 cm³/mol. The molecule has 0 atom stereocenters. The van der Waals surface area contributed by atoms with Gasteiger partial charge in [0.1, 0.15) is 11.6 Å². The summed E-state index contributed by atoms with van der Waals surface area (Å²) in [4.78, 5) is 10.4. The maximum atomic E-state index is 13.4. The zero-order valence-corrected chi connectivity index (χ0v) is 8.80. The third kappa shape index (κ3) is 3.27. The fourth-order valence-electron chi connectivity index (χ4n) is 1.27. The Morgan fingerprint density at radius 1 is 1.38 bits per heavy atom. The molecule has 0 unspecified atom stereocenters. The molecule has 1 aromatic rings. The van der Waals surface area contributed by atoms with Gasteiger partial charge in [0.15, 0.2) is 0 Å². The molecule has 88 valence electrons. The van der Waals surface area contributed by atoms with Crippen molar-refractivity contribution in [1.82, 2.24) is 0 Å². The van der Waals surface area contributed by atoms with Crippen molar-refractivity contribution in [3.8, 4) is 0 Å². The Morgan fingerprint density at radius 2 is 1.94 bits per heavy atom. The van der Waals surface area contributed by atoms with Crippen molar-refractivity contribution in [3.63, 3.8) is 0 Å². The van der Waals surface area contributed by atoms with Gasteiger partial charge in [-0.1, -0.05) is 0 Å². The van der Waals surface area contributed by atoms with Crippen molar-refractivity contribution in [2.75, 3.05) is 6.61 Å². The van der Waals surface area contributed by atoms with E-state index in [0.717, 1.165) is 12.1 Å². The molecule has 1 aromatic carbocycles. The van der Waals surface area contributed by atoms with Crippen LogP contribution in [0.2, 0.25) is 0 Å². The topological polar surface area (TPSA) is 46.5 Å². The molecule has 0 saturated heterocycles. The van der Waals surface area contributed by atoms with Crippen LogP contribution in [0.15, 0.2) is 12.1 Å². The van der Waals surface area contributed by atoms with Crippen LogP contribution in [0.3, 0.4) is 0 Å². The number of carboxylic acids is 1. The van der Waals surface area contributed by atoms with Crippen LogP contribution in [0.4, 0.5) is 8.78 Å². The molecule has 0 fully saturated rings. The zero-order valence-electron chi connectivity index (χ0n) is 8.80. The largest absolute Gasteiger partial charge is 0.481 e. The molecule has 0 aliphatic carbocycles. The van der Waals surface area contributed by atoms with Crippen LogP contribution in [-0.2, 0) is 22.6 Å². The summed E-state index contributed by atoms with van der Waals surface area (Å²) in [6.45, 7) is 1.92. The highest BCUT2D eigenvalue weighted by Crippen LogP contribution is 2.17. The lowest BCUT2D eigenvalue weighted by molar-refractivity contribution is -0.136. The third-order valence-corrected chi connectivity index (χ3v) is 2.01. The number of carbonyl (C=O) groups is 1. The Hall–Kier alpha value is -1.49. The standard InChI is InChI=1S/C11H12F2O3/c1-2-16-6-8-9(12)3-7(4-10(8)13)5-11(14)15/h3-4H,2,5-6H2,1H3,(H,14,15). The van der Waals surface area contributed by atoms with Crippen LogP contribution in [-0.4, -0.2) is 17.7 Å². The van der Waals surface area contributed by atoms with Crippen molar-refractivity contribution < 1.29 is 23.4 Å². The van der Waals surface area contributed by atoms with Gasteiger partial charge in [-0.2, -0.15) is 0 Å². The number of rotatable bonds is 5. The molecule has 0 bridgehead atoms. The van der Waals surface area contributed by atoms with E-state index >= 15 is 0 Å². The summed E-state index contributed by atoms with van der Waals surface area (Å²) >= 11 is 0. The van der Waals surface area contributed by atoms with Gasteiger partial charge in [-0.15, -0.1) is 0 Å². The number of ether oxygens (including phenoxy) is 1. The molecule has 0 radical (unpaired) electrons. The van der Waals surface area contributed by atoms with Crippen LogP contribution in [0.1, 0.15) is 18.1 Å². The van der Waals surface area contributed by atoms with Crippen molar-refractivity contribution in [2.45, 2.75) is 20.0 Å². The second kappa shape index (κ2) is 5.55. The van der Waals surface area contributed by atoms with Crippen LogP contribution in [0, 0.1) is 11.6 Å². The summed E-state index contributed by atoms with van der Waals surface area (Å²) in [6, 6.07) is 2.04. The third-order valence-electron chi connectivity index (χ3n) is 2.01. The molecule has 1 rings (SSSR count). The van der Waals surface area contributed by atoms with Crippen molar-refractivity contribution in [3.05, 3.63) is 34.9 Å². The fourth-order valence-corrected chi connectivity index (χ4v) is 1.27. The van der Waals surface area contributed by atoms with Crippen molar-refractivity contribution >= 4 is 5.97 Å². The molecular weight excluding hydrogens is 218 g/mol.